The molecular weight excluding hydrogens is 191 g/mol. The third-order valence-corrected chi connectivity index (χ3v) is 3.32. The van der Waals surface area contributed by atoms with Crippen molar-refractivity contribution in [3.05, 3.63) is 35.5 Å². The summed E-state index contributed by atoms with van der Waals surface area (Å²) in [6.07, 6.45) is 4.85. The summed E-state index contributed by atoms with van der Waals surface area (Å²) in [7, 11) is 0. The Kier molecular flexibility index (Phi) is 1.81. The summed E-state index contributed by atoms with van der Waals surface area (Å²) in [6, 6.07) is 3.22. The molecule has 1 atom stereocenters. The fourth-order valence-electron chi connectivity index (χ4n) is 2.51. The molecule has 2 aromatic rings. The SMILES string of the molecule is CCC1CCc2c1nc1ccc(F)cn21. The minimum absolute atomic E-state index is 0.192. The van der Waals surface area contributed by atoms with Gasteiger partial charge in [0.1, 0.15) is 11.5 Å². The van der Waals surface area contributed by atoms with Gasteiger partial charge in [0.05, 0.1) is 5.69 Å². The van der Waals surface area contributed by atoms with Crippen molar-refractivity contribution < 1.29 is 4.39 Å². The van der Waals surface area contributed by atoms with Gasteiger partial charge in [-0.25, -0.2) is 9.37 Å². The summed E-state index contributed by atoms with van der Waals surface area (Å²) in [5.41, 5.74) is 3.26. The molecule has 15 heavy (non-hydrogen) atoms. The van der Waals surface area contributed by atoms with Gasteiger partial charge in [0.2, 0.25) is 0 Å². The first-order chi connectivity index (χ1) is 7.29. The number of aryl methyl sites for hydroxylation is 1. The summed E-state index contributed by atoms with van der Waals surface area (Å²) in [5, 5.41) is 0. The van der Waals surface area contributed by atoms with Crippen LogP contribution < -0.4 is 0 Å². The Morgan fingerprint density at radius 1 is 1.53 bits per heavy atom. The van der Waals surface area contributed by atoms with Gasteiger partial charge in [-0.3, -0.25) is 0 Å². The summed E-state index contributed by atoms with van der Waals surface area (Å²) < 4.78 is 15.0. The van der Waals surface area contributed by atoms with Gasteiger partial charge in [-0.05, 0) is 31.4 Å². The third kappa shape index (κ3) is 1.19. The van der Waals surface area contributed by atoms with Crippen molar-refractivity contribution in [2.24, 2.45) is 0 Å². The lowest BCUT2D eigenvalue weighted by Crippen LogP contribution is -1.92. The first kappa shape index (κ1) is 8.89. The Morgan fingerprint density at radius 3 is 3.20 bits per heavy atom. The molecule has 2 nitrogen and oxygen atoms in total. The zero-order valence-corrected chi connectivity index (χ0v) is 8.70. The molecule has 0 N–H and O–H groups in total. The Labute approximate surface area is 87.8 Å². The summed E-state index contributed by atoms with van der Waals surface area (Å²) in [4.78, 5) is 4.58. The number of nitrogens with zero attached hydrogens (tertiary/aromatic N) is 2. The lowest BCUT2D eigenvalue weighted by atomic mass is 10.1. The predicted molar refractivity (Wildman–Crippen MR) is 56.5 cm³/mol. The molecule has 2 heterocycles. The van der Waals surface area contributed by atoms with Crippen molar-refractivity contribution in [1.29, 1.82) is 0 Å². The zero-order chi connectivity index (χ0) is 10.4. The number of fused-ring (bicyclic) bond motifs is 3. The Balaban J connectivity index is 2.26. The molecule has 0 saturated carbocycles. The first-order valence-electron chi connectivity index (χ1n) is 5.46. The average molecular weight is 204 g/mol. The van der Waals surface area contributed by atoms with Gasteiger partial charge in [0, 0.05) is 17.8 Å². The van der Waals surface area contributed by atoms with Crippen LogP contribution in [0.2, 0.25) is 0 Å². The summed E-state index contributed by atoms with van der Waals surface area (Å²) in [5.74, 6) is 0.380. The van der Waals surface area contributed by atoms with Crippen LogP contribution in [-0.2, 0) is 6.42 Å². The van der Waals surface area contributed by atoms with E-state index < -0.39 is 0 Å². The molecule has 1 unspecified atom stereocenters. The fraction of sp³-hybridized carbons (Fsp3) is 0.417. The Bertz CT molecular complexity index is 516. The first-order valence-corrected chi connectivity index (χ1v) is 5.46. The van der Waals surface area contributed by atoms with Gasteiger partial charge in [0.15, 0.2) is 0 Å². The average Bonchev–Trinajstić information content (AvgIpc) is 2.76. The predicted octanol–water partition coefficient (Wildman–Crippen LogP) is 2.91. The van der Waals surface area contributed by atoms with Crippen molar-refractivity contribution in [2.45, 2.75) is 32.1 Å². The molecular formula is C12H13FN2. The number of imidazole rings is 1. The lowest BCUT2D eigenvalue weighted by molar-refractivity contribution is 0.616. The monoisotopic (exact) mass is 204 g/mol. The summed E-state index contributed by atoms with van der Waals surface area (Å²) >= 11 is 0. The molecule has 1 aliphatic carbocycles. The normalized spacial score (nSPS) is 19.7. The molecule has 0 aliphatic heterocycles. The van der Waals surface area contributed by atoms with Crippen molar-refractivity contribution in [1.82, 2.24) is 9.38 Å². The van der Waals surface area contributed by atoms with E-state index in [0.717, 1.165) is 24.9 Å². The Hall–Kier alpha value is -1.38. The van der Waals surface area contributed by atoms with Crippen LogP contribution in [0.4, 0.5) is 4.39 Å². The maximum atomic E-state index is 13.1. The highest BCUT2D eigenvalue weighted by atomic mass is 19.1. The minimum atomic E-state index is -0.192. The Morgan fingerprint density at radius 2 is 2.40 bits per heavy atom. The van der Waals surface area contributed by atoms with Gasteiger partial charge in [-0.2, -0.15) is 0 Å². The van der Waals surface area contributed by atoms with Gasteiger partial charge >= 0.3 is 0 Å². The molecule has 0 saturated heterocycles. The standard InChI is InChI=1S/C12H13FN2/c1-2-8-3-5-10-12(8)14-11-6-4-9(13)7-15(10)11/h4,6-8H,2-3,5H2,1H3. The second-order valence-electron chi connectivity index (χ2n) is 4.16. The van der Waals surface area contributed by atoms with Gasteiger partial charge in [-0.1, -0.05) is 6.92 Å². The quantitative estimate of drug-likeness (QED) is 0.698. The molecule has 3 heteroatoms. The van der Waals surface area contributed by atoms with E-state index in [0.29, 0.717) is 5.92 Å². The molecule has 0 amide bonds. The number of rotatable bonds is 1. The minimum Gasteiger partial charge on any atom is -0.301 e. The van der Waals surface area contributed by atoms with Crippen molar-refractivity contribution in [3.8, 4) is 0 Å². The van der Waals surface area contributed by atoms with Crippen LogP contribution in [0.5, 0.6) is 0 Å². The van der Waals surface area contributed by atoms with Crippen LogP contribution in [0, 0.1) is 5.82 Å². The third-order valence-electron chi connectivity index (χ3n) is 3.32. The molecule has 1 aliphatic rings. The molecule has 0 fully saturated rings. The van der Waals surface area contributed by atoms with Crippen LogP contribution >= 0.6 is 0 Å². The topological polar surface area (TPSA) is 17.3 Å². The van der Waals surface area contributed by atoms with E-state index >= 15 is 0 Å². The highest BCUT2D eigenvalue weighted by Gasteiger charge is 2.26. The van der Waals surface area contributed by atoms with E-state index in [1.165, 1.54) is 17.5 Å². The molecule has 2 aromatic heterocycles. The van der Waals surface area contributed by atoms with Crippen LogP contribution in [0.1, 0.15) is 37.1 Å². The van der Waals surface area contributed by atoms with Crippen LogP contribution in [0.25, 0.3) is 5.65 Å². The molecule has 0 aromatic carbocycles. The highest BCUT2D eigenvalue weighted by molar-refractivity contribution is 5.45. The maximum absolute atomic E-state index is 13.1. The van der Waals surface area contributed by atoms with E-state index in [1.807, 2.05) is 4.40 Å². The number of halogens is 1. The number of hydrogen-bond acceptors (Lipinski definition) is 1. The molecule has 0 spiro atoms. The summed E-state index contributed by atoms with van der Waals surface area (Å²) in [6.45, 7) is 2.18. The zero-order valence-electron chi connectivity index (χ0n) is 8.70. The fourth-order valence-corrected chi connectivity index (χ4v) is 2.51. The maximum Gasteiger partial charge on any atom is 0.139 e. The van der Waals surface area contributed by atoms with Gasteiger partial charge in [0.25, 0.3) is 0 Å². The van der Waals surface area contributed by atoms with Gasteiger partial charge in [-0.15, -0.1) is 0 Å². The lowest BCUT2D eigenvalue weighted by Gasteiger charge is -2.02. The second kappa shape index (κ2) is 3.05. The number of aromatic nitrogens is 2. The largest absolute Gasteiger partial charge is 0.301 e. The second-order valence-corrected chi connectivity index (χ2v) is 4.16. The van der Waals surface area contributed by atoms with E-state index in [4.69, 9.17) is 0 Å². The van der Waals surface area contributed by atoms with Crippen LogP contribution in [0.3, 0.4) is 0 Å². The smallest absolute Gasteiger partial charge is 0.139 e. The van der Waals surface area contributed by atoms with Crippen LogP contribution in [-0.4, -0.2) is 9.38 Å². The molecule has 78 valence electrons. The highest BCUT2D eigenvalue weighted by Crippen LogP contribution is 2.35. The van der Waals surface area contributed by atoms with Crippen molar-refractivity contribution >= 4 is 5.65 Å². The van der Waals surface area contributed by atoms with E-state index in [2.05, 4.69) is 11.9 Å². The van der Waals surface area contributed by atoms with E-state index in [-0.39, 0.29) is 5.82 Å². The van der Waals surface area contributed by atoms with Crippen molar-refractivity contribution in [2.75, 3.05) is 0 Å². The number of hydrogen-bond donors (Lipinski definition) is 0. The van der Waals surface area contributed by atoms with E-state index in [9.17, 15) is 4.39 Å². The van der Waals surface area contributed by atoms with E-state index in [1.54, 1.807) is 12.3 Å². The van der Waals surface area contributed by atoms with Crippen LogP contribution in [0.15, 0.2) is 18.3 Å². The van der Waals surface area contributed by atoms with Crippen molar-refractivity contribution in [3.63, 3.8) is 0 Å². The molecule has 0 radical (unpaired) electrons. The van der Waals surface area contributed by atoms with Gasteiger partial charge < -0.3 is 4.40 Å². The molecule has 3 rings (SSSR count). The number of pyridine rings is 1. The molecule has 0 bridgehead atoms.